The second kappa shape index (κ2) is 8.44. The Morgan fingerprint density at radius 3 is 2.77 bits per heavy atom. The van der Waals surface area contributed by atoms with Crippen LogP contribution in [0.2, 0.25) is 5.02 Å². The number of amides is 1. The van der Waals surface area contributed by atoms with Crippen LogP contribution in [0, 0.1) is 13.8 Å². The minimum Gasteiger partial charge on any atom is -0.443 e. The molecule has 1 unspecified atom stereocenters. The van der Waals surface area contributed by atoms with Gasteiger partial charge in [0.15, 0.2) is 0 Å². The third kappa shape index (κ3) is 4.31. The number of aryl methyl sites for hydroxylation is 2. The summed E-state index contributed by atoms with van der Waals surface area (Å²) >= 11 is 5.94. The Hall–Kier alpha value is -2.93. The van der Waals surface area contributed by atoms with Crippen LogP contribution in [0.15, 0.2) is 45.7 Å². The van der Waals surface area contributed by atoms with E-state index in [-0.39, 0.29) is 18.5 Å². The van der Waals surface area contributed by atoms with Crippen molar-refractivity contribution in [2.24, 2.45) is 0 Å². The van der Waals surface area contributed by atoms with E-state index in [0.29, 0.717) is 29.6 Å². The molecule has 4 rings (SSSR count). The number of oxazole rings is 1. The van der Waals surface area contributed by atoms with Gasteiger partial charge in [0.05, 0.1) is 6.20 Å². The van der Waals surface area contributed by atoms with Crippen LogP contribution in [0.4, 0.5) is 0 Å². The van der Waals surface area contributed by atoms with Crippen LogP contribution in [0.3, 0.4) is 0 Å². The second-order valence-corrected chi connectivity index (χ2v) is 8.06. The molecule has 30 heavy (non-hydrogen) atoms. The van der Waals surface area contributed by atoms with Gasteiger partial charge >= 0.3 is 5.69 Å². The molecule has 1 fully saturated rings. The number of carbonyl (C=O) groups excluding carboxylic acids is 1. The smallest absolute Gasteiger partial charge is 0.348 e. The van der Waals surface area contributed by atoms with Crippen molar-refractivity contribution in [3.05, 3.63) is 80.6 Å². The Labute approximate surface area is 179 Å². The Morgan fingerprint density at radius 2 is 2.03 bits per heavy atom. The summed E-state index contributed by atoms with van der Waals surface area (Å²) in [7, 11) is 0. The highest BCUT2D eigenvalue weighted by Gasteiger charge is 2.33. The largest absolute Gasteiger partial charge is 0.443 e. The number of hydrogen-bond acceptors (Lipinski definition) is 5. The average Bonchev–Trinajstić information content (AvgIpc) is 3.35. The molecule has 1 atom stereocenters. The summed E-state index contributed by atoms with van der Waals surface area (Å²) in [5.41, 5.74) is 2.03. The maximum atomic E-state index is 13.0. The van der Waals surface area contributed by atoms with Crippen molar-refractivity contribution in [3.63, 3.8) is 0 Å². The summed E-state index contributed by atoms with van der Waals surface area (Å²) in [6, 6.07) is 9.17. The molecular weight excluding hydrogens is 404 g/mol. The zero-order chi connectivity index (χ0) is 21.3. The third-order valence-corrected chi connectivity index (χ3v) is 5.61. The van der Waals surface area contributed by atoms with Crippen molar-refractivity contribution < 1.29 is 9.21 Å². The van der Waals surface area contributed by atoms with Crippen LogP contribution in [0.25, 0.3) is 0 Å². The van der Waals surface area contributed by atoms with E-state index in [9.17, 15) is 9.59 Å². The number of nitrogens with zero attached hydrogens (tertiary/aromatic N) is 4. The van der Waals surface area contributed by atoms with Crippen molar-refractivity contribution in [1.29, 1.82) is 0 Å². The lowest BCUT2D eigenvalue weighted by Gasteiger charge is -2.23. The molecule has 1 aliphatic rings. The van der Waals surface area contributed by atoms with E-state index in [1.807, 2.05) is 31.2 Å². The molecule has 0 saturated carbocycles. The molecule has 1 saturated heterocycles. The first-order chi connectivity index (χ1) is 14.4. The Balaban J connectivity index is 1.48. The summed E-state index contributed by atoms with van der Waals surface area (Å²) in [5, 5.41) is 0.690. The molecule has 0 N–H and O–H groups in total. The monoisotopic (exact) mass is 426 g/mol. The first-order valence-electron chi connectivity index (χ1n) is 9.94. The number of rotatable bonds is 5. The van der Waals surface area contributed by atoms with Gasteiger partial charge in [0.2, 0.25) is 11.8 Å². The zero-order valence-corrected chi connectivity index (χ0v) is 17.7. The summed E-state index contributed by atoms with van der Waals surface area (Å²) < 4.78 is 7.39. The Kier molecular flexibility index (Phi) is 5.72. The average molecular weight is 427 g/mol. The summed E-state index contributed by atoms with van der Waals surface area (Å²) in [5.74, 6) is 1.14. The van der Waals surface area contributed by atoms with Crippen molar-refractivity contribution >= 4 is 17.5 Å². The van der Waals surface area contributed by atoms with Crippen molar-refractivity contribution in [1.82, 2.24) is 19.4 Å². The normalized spacial score (nSPS) is 16.2. The van der Waals surface area contributed by atoms with E-state index in [2.05, 4.69) is 9.97 Å². The van der Waals surface area contributed by atoms with E-state index in [1.165, 1.54) is 4.57 Å². The van der Waals surface area contributed by atoms with Crippen molar-refractivity contribution in [3.8, 4) is 0 Å². The van der Waals surface area contributed by atoms with Crippen LogP contribution in [-0.4, -0.2) is 31.9 Å². The number of halogens is 1. The highest BCUT2D eigenvalue weighted by Crippen LogP contribution is 2.32. The minimum absolute atomic E-state index is 0.0349. The molecule has 0 bridgehead atoms. The minimum atomic E-state index is -0.405. The fourth-order valence-electron chi connectivity index (χ4n) is 3.88. The molecule has 3 heterocycles. The number of likely N-dealkylation sites (tertiary alicyclic amines) is 1. The van der Waals surface area contributed by atoms with E-state index in [1.54, 1.807) is 24.1 Å². The predicted molar refractivity (Wildman–Crippen MR) is 112 cm³/mol. The fourth-order valence-corrected chi connectivity index (χ4v) is 4.00. The van der Waals surface area contributed by atoms with Crippen LogP contribution in [-0.2, 0) is 17.8 Å². The molecule has 0 aliphatic carbocycles. The van der Waals surface area contributed by atoms with Gasteiger partial charge in [-0.25, -0.2) is 9.78 Å². The number of carbonyl (C=O) groups is 1. The zero-order valence-electron chi connectivity index (χ0n) is 17.0. The van der Waals surface area contributed by atoms with Crippen LogP contribution < -0.4 is 5.69 Å². The van der Waals surface area contributed by atoms with E-state index < -0.39 is 5.69 Å². The van der Waals surface area contributed by atoms with E-state index in [4.69, 9.17) is 16.0 Å². The van der Waals surface area contributed by atoms with Gasteiger partial charge in [0, 0.05) is 29.4 Å². The van der Waals surface area contributed by atoms with Gasteiger partial charge in [-0.05, 0) is 50.5 Å². The highest BCUT2D eigenvalue weighted by atomic mass is 35.5. The summed E-state index contributed by atoms with van der Waals surface area (Å²) in [6.45, 7) is 4.15. The third-order valence-electron chi connectivity index (χ3n) is 5.36. The molecular formula is C22H23ClN4O3. The molecule has 8 heteroatoms. The molecule has 0 radical (unpaired) electrons. The molecule has 1 aromatic carbocycles. The van der Waals surface area contributed by atoms with Crippen LogP contribution in [0.5, 0.6) is 0 Å². The molecule has 2 aromatic heterocycles. The van der Waals surface area contributed by atoms with Gasteiger partial charge in [-0.3, -0.25) is 9.36 Å². The molecule has 3 aromatic rings. The van der Waals surface area contributed by atoms with Gasteiger partial charge in [0.1, 0.15) is 18.3 Å². The first-order valence-corrected chi connectivity index (χ1v) is 10.3. The number of benzene rings is 1. The first kappa shape index (κ1) is 20.3. The van der Waals surface area contributed by atoms with Gasteiger partial charge in [0.25, 0.3) is 0 Å². The van der Waals surface area contributed by atoms with Crippen molar-refractivity contribution in [2.75, 3.05) is 6.54 Å². The van der Waals surface area contributed by atoms with Crippen LogP contribution >= 0.6 is 11.6 Å². The van der Waals surface area contributed by atoms with Gasteiger partial charge in [-0.1, -0.05) is 23.7 Å². The maximum absolute atomic E-state index is 13.0. The molecule has 7 nitrogen and oxygen atoms in total. The Bertz CT molecular complexity index is 1120. The summed E-state index contributed by atoms with van der Waals surface area (Å²) in [4.78, 5) is 35.3. The molecule has 0 spiro atoms. The summed E-state index contributed by atoms with van der Waals surface area (Å²) in [6.07, 6.45) is 3.97. The lowest BCUT2D eigenvalue weighted by atomic mass is 10.1. The SMILES string of the molecule is Cc1cc(C)n(CC(=O)N2CCCC2c2ncc(Cc3ccc(Cl)cc3)o2)c(=O)n1. The topological polar surface area (TPSA) is 81.2 Å². The molecule has 1 amide bonds. The van der Waals surface area contributed by atoms with Crippen molar-refractivity contribution in [2.45, 2.75) is 45.7 Å². The van der Waals surface area contributed by atoms with E-state index >= 15 is 0 Å². The van der Waals surface area contributed by atoms with Gasteiger partial charge in [-0.15, -0.1) is 0 Å². The fraction of sp³-hybridized carbons (Fsp3) is 0.364. The standard InChI is InChI=1S/C22H23ClN4O3/c1-14-10-15(2)27(22(29)25-14)13-20(28)26-9-3-4-19(26)21-24-12-18(30-21)11-16-5-7-17(23)8-6-16/h5-8,10,12,19H,3-4,9,11,13H2,1-2H3. The highest BCUT2D eigenvalue weighted by molar-refractivity contribution is 6.30. The quantitative estimate of drug-likeness (QED) is 0.624. The maximum Gasteiger partial charge on any atom is 0.348 e. The predicted octanol–water partition coefficient (Wildman–Crippen LogP) is 3.46. The second-order valence-electron chi connectivity index (χ2n) is 7.62. The number of hydrogen-bond donors (Lipinski definition) is 0. The van der Waals surface area contributed by atoms with Crippen LogP contribution in [0.1, 0.15) is 47.5 Å². The van der Waals surface area contributed by atoms with Gasteiger partial charge in [-0.2, -0.15) is 4.98 Å². The Morgan fingerprint density at radius 1 is 1.27 bits per heavy atom. The molecule has 1 aliphatic heterocycles. The number of aromatic nitrogens is 3. The lowest BCUT2D eigenvalue weighted by Crippen LogP contribution is -2.37. The molecule has 156 valence electrons. The van der Waals surface area contributed by atoms with Gasteiger partial charge < -0.3 is 9.32 Å². The van der Waals surface area contributed by atoms with E-state index in [0.717, 1.165) is 29.9 Å². The lowest BCUT2D eigenvalue weighted by molar-refractivity contribution is -0.133.